The van der Waals surface area contributed by atoms with Gasteiger partial charge in [-0.25, -0.2) is 8.42 Å². The molecule has 14 heavy (non-hydrogen) atoms. The molecular weight excluding hydrogens is 222 g/mol. The van der Waals surface area contributed by atoms with Crippen LogP contribution in [0.5, 0.6) is 0 Å². The predicted molar refractivity (Wildman–Crippen MR) is 60.5 cm³/mol. The van der Waals surface area contributed by atoms with Crippen molar-refractivity contribution < 1.29 is 12.6 Å². The predicted octanol–water partition coefficient (Wildman–Crippen LogP) is -0.0913. The van der Waals surface area contributed by atoms with Gasteiger partial charge in [-0.05, 0) is 19.4 Å². The maximum absolute atomic E-state index is 11.3. The van der Waals surface area contributed by atoms with E-state index in [0.29, 0.717) is 12.3 Å². The lowest BCUT2D eigenvalue weighted by Crippen LogP contribution is -2.13. The second-order valence-corrected chi connectivity index (χ2v) is 7.28. The van der Waals surface area contributed by atoms with Crippen molar-refractivity contribution in [2.24, 2.45) is 5.73 Å². The smallest absolute Gasteiger partial charge is 0.148 e. The minimum absolute atomic E-state index is 0.0243. The zero-order valence-corrected chi connectivity index (χ0v) is 10.2. The summed E-state index contributed by atoms with van der Waals surface area (Å²) in [6, 6.07) is 0. The number of hydrogen-bond donors (Lipinski definition) is 1. The molecule has 0 saturated heterocycles. The fourth-order valence-electron chi connectivity index (χ4n) is 0.931. The van der Waals surface area contributed by atoms with E-state index in [9.17, 15) is 12.6 Å². The van der Waals surface area contributed by atoms with Crippen molar-refractivity contribution in [3.63, 3.8) is 0 Å². The molecule has 1 atom stereocenters. The first kappa shape index (κ1) is 14.1. The molecule has 1 unspecified atom stereocenters. The third kappa shape index (κ3) is 10.1. The lowest BCUT2D eigenvalue weighted by molar-refractivity contribution is 0.602. The summed E-state index contributed by atoms with van der Waals surface area (Å²) >= 11 is 0. The van der Waals surface area contributed by atoms with Crippen LogP contribution in [0.25, 0.3) is 0 Å². The zero-order chi connectivity index (χ0) is 11.0. The molecule has 0 amide bonds. The maximum Gasteiger partial charge on any atom is 0.148 e. The van der Waals surface area contributed by atoms with Crippen LogP contribution in [-0.4, -0.2) is 42.7 Å². The molecule has 2 N–H and O–H groups in total. The fourth-order valence-corrected chi connectivity index (χ4v) is 3.62. The molecule has 0 bridgehead atoms. The third-order valence-electron chi connectivity index (χ3n) is 1.76. The van der Waals surface area contributed by atoms with Crippen LogP contribution >= 0.6 is 0 Å². The Balaban J connectivity index is 3.47. The monoisotopic (exact) mass is 241 g/mol. The van der Waals surface area contributed by atoms with E-state index in [1.165, 1.54) is 6.26 Å². The first-order valence-electron chi connectivity index (χ1n) is 4.68. The van der Waals surface area contributed by atoms with Gasteiger partial charge in [0.25, 0.3) is 0 Å². The van der Waals surface area contributed by atoms with Crippen molar-refractivity contribution in [2.45, 2.75) is 19.3 Å². The Morgan fingerprint density at radius 3 is 2.29 bits per heavy atom. The highest BCUT2D eigenvalue weighted by Crippen LogP contribution is 1.97. The second-order valence-electron chi connectivity index (χ2n) is 3.33. The molecule has 0 aliphatic carbocycles. The number of hydrogen-bond acceptors (Lipinski definition) is 4. The van der Waals surface area contributed by atoms with Crippen LogP contribution in [0, 0.1) is 0 Å². The quantitative estimate of drug-likeness (QED) is 0.602. The first-order chi connectivity index (χ1) is 6.45. The van der Waals surface area contributed by atoms with Crippen LogP contribution in [0.2, 0.25) is 0 Å². The molecule has 0 heterocycles. The van der Waals surface area contributed by atoms with Crippen LogP contribution in [0.3, 0.4) is 0 Å². The lowest BCUT2D eigenvalue weighted by Gasteiger charge is -2.00. The third-order valence-corrected chi connectivity index (χ3v) is 4.37. The van der Waals surface area contributed by atoms with Gasteiger partial charge in [0.1, 0.15) is 9.84 Å². The van der Waals surface area contributed by atoms with E-state index < -0.39 is 20.6 Å². The highest BCUT2D eigenvalue weighted by molar-refractivity contribution is 7.92. The van der Waals surface area contributed by atoms with E-state index in [1.807, 2.05) is 0 Å². The molecule has 0 aromatic rings. The summed E-state index contributed by atoms with van der Waals surface area (Å²) in [6.45, 7) is 0.663. The standard InChI is InChI=1S/C8H19NO3S2/c1-14(11,12)8-7-13(10)6-4-2-3-5-9/h2-9H2,1H3. The number of unbranched alkanes of at least 4 members (excludes halogenated alkanes) is 2. The molecular formula is C8H19NO3S2. The van der Waals surface area contributed by atoms with Gasteiger partial charge in [-0.2, -0.15) is 0 Å². The summed E-state index contributed by atoms with van der Waals surface area (Å²) in [5.41, 5.74) is 5.31. The van der Waals surface area contributed by atoms with Crippen LogP contribution in [0.15, 0.2) is 0 Å². The van der Waals surface area contributed by atoms with Gasteiger partial charge in [0.15, 0.2) is 0 Å². The second kappa shape index (κ2) is 7.36. The van der Waals surface area contributed by atoms with E-state index in [2.05, 4.69) is 0 Å². The van der Waals surface area contributed by atoms with E-state index >= 15 is 0 Å². The Morgan fingerprint density at radius 2 is 1.79 bits per heavy atom. The van der Waals surface area contributed by atoms with Crippen LogP contribution < -0.4 is 5.73 Å². The van der Waals surface area contributed by atoms with Crippen molar-refractivity contribution in [1.29, 1.82) is 0 Å². The van der Waals surface area contributed by atoms with E-state index in [0.717, 1.165) is 19.3 Å². The fraction of sp³-hybridized carbons (Fsp3) is 1.00. The van der Waals surface area contributed by atoms with Gasteiger partial charge in [-0.1, -0.05) is 6.42 Å². The maximum atomic E-state index is 11.3. The molecule has 6 heteroatoms. The number of sulfone groups is 1. The van der Waals surface area contributed by atoms with Gasteiger partial charge < -0.3 is 5.73 Å². The van der Waals surface area contributed by atoms with Crippen LogP contribution in [0.1, 0.15) is 19.3 Å². The normalized spacial score (nSPS) is 14.1. The minimum atomic E-state index is -2.97. The topological polar surface area (TPSA) is 77.2 Å². The molecule has 0 rings (SSSR count). The van der Waals surface area contributed by atoms with Crippen molar-refractivity contribution in [2.75, 3.05) is 30.1 Å². The molecule has 0 saturated carbocycles. The van der Waals surface area contributed by atoms with Crippen LogP contribution in [0.4, 0.5) is 0 Å². The summed E-state index contributed by atoms with van der Waals surface area (Å²) in [5.74, 6) is 0.882. The molecule has 0 aliphatic rings. The Hall–Kier alpha value is 0.0600. The minimum Gasteiger partial charge on any atom is -0.330 e. The molecule has 86 valence electrons. The summed E-state index contributed by atoms with van der Waals surface area (Å²) in [4.78, 5) is 0. The molecule has 0 spiro atoms. The number of nitrogens with two attached hydrogens (primary N) is 1. The van der Waals surface area contributed by atoms with Gasteiger partial charge >= 0.3 is 0 Å². The van der Waals surface area contributed by atoms with Crippen molar-refractivity contribution in [3.8, 4) is 0 Å². The Kier molecular flexibility index (Phi) is 7.40. The first-order valence-corrected chi connectivity index (χ1v) is 8.23. The Bertz CT molecular complexity index is 262. The van der Waals surface area contributed by atoms with Crippen molar-refractivity contribution >= 4 is 20.6 Å². The molecule has 0 fully saturated rings. The van der Waals surface area contributed by atoms with Crippen molar-refractivity contribution in [1.82, 2.24) is 0 Å². The van der Waals surface area contributed by atoms with Gasteiger partial charge in [-0.3, -0.25) is 4.21 Å². The average molecular weight is 241 g/mol. The van der Waals surface area contributed by atoms with Gasteiger partial charge in [0.05, 0.1) is 5.75 Å². The van der Waals surface area contributed by atoms with Gasteiger partial charge in [0.2, 0.25) is 0 Å². The summed E-state index contributed by atoms with van der Waals surface area (Å²) in [6.07, 6.45) is 3.95. The van der Waals surface area contributed by atoms with Gasteiger partial charge in [0, 0.05) is 28.6 Å². The Labute approximate surface area is 88.6 Å². The van der Waals surface area contributed by atoms with E-state index in [4.69, 9.17) is 5.73 Å². The highest BCUT2D eigenvalue weighted by atomic mass is 32.2. The molecule has 0 aliphatic heterocycles. The summed E-state index contributed by atoms with van der Waals surface area (Å²) < 4.78 is 32.8. The van der Waals surface area contributed by atoms with E-state index in [1.54, 1.807) is 0 Å². The molecule has 0 aromatic carbocycles. The van der Waals surface area contributed by atoms with Crippen molar-refractivity contribution in [3.05, 3.63) is 0 Å². The summed E-state index contributed by atoms with van der Waals surface area (Å²) in [5, 5.41) is 0. The lowest BCUT2D eigenvalue weighted by atomic mass is 10.2. The SMILES string of the molecule is CS(=O)(=O)CCS(=O)CCCCCN. The van der Waals surface area contributed by atoms with E-state index in [-0.39, 0.29) is 11.5 Å². The van der Waals surface area contributed by atoms with Crippen LogP contribution in [-0.2, 0) is 20.6 Å². The Morgan fingerprint density at radius 1 is 1.14 bits per heavy atom. The highest BCUT2D eigenvalue weighted by Gasteiger charge is 2.06. The number of rotatable bonds is 8. The average Bonchev–Trinajstić information content (AvgIpc) is 2.08. The molecule has 0 radical (unpaired) electrons. The van der Waals surface area contributed by atoms with Gasteiger partial charge in [-0.15, -0.1) is 0 Å². The molecule has 4 nitrogen and oxygen atoms in total. The molecule has 0 aromatic heterocycles. The largest absolute Gasteiger partial charge is 0.330 e. The summed E-state index contributed by atoms with van der Waals surface area (Å²) in [7, 11) is -3.96. The zero-order valence-electron chi connectivity index (χ0n) is 8.57.